The largest absolute Gasteiger partial charge is 0.493 e. The van der Waals surface area contributed by atoms with Crippen molar-refractivity contribution in [3.63, 3.8) is 0 Å². The van der Waals surface area contributed by atoms with Gasteiger partial charge in [0.25, 0.3) is 5.91 Å². The van der Waals surface area contributed by atoms with Crippen LogP contribution in [0.3, 0.4) is 0 Å². The Morgan fingerprint density at radius 2 is 2.25 bits per heavy atom. The number of carbonyl (C=O) groups is 1. The minimum atomic E-state index is -0.157. The molecule has 0 saturated heterocycles. The third kappa shape index (κ3) is 2.40. The number of ether oxygens (including phenoxy) is 1. The predicted octanol–water partition coefficient (Wildman–Crippen LogP) is 1.99. The van der Waals surface area contributed by atoms with Crippen molar-refractivity contribution < 1.29 is 13.9 Å². The van der Waals surface area contributed by atoms with Crippen LogP contribution >= 0.6 is 0 Å². The lowest BCUT2D eigenvalue weighted by molar-refractivity contribution is 0.0924. The van der Waals surface area contributed by atoms with E-state index in [4.69, 9.17) is 14.9 Å². The summed E-state index contributed by atoms with van der Waals surface area (Å²) in [6.07, 6.45) is 2.19. The van der Waals surface area contributed by atoms with E-state index in [1.54, 1.807) is 6.07 Å². The molecule has 0 bridgehead atoms. The first-order valence-electron chi connectivity index (χ1n) is 6.58. The third-order valence-corrected chi connectivity index (χ3v) is 3.38. The Morgan fingerprint density at radius 1 is 1.40 bits per heavy atom. The third-order valence-electron chi connectivity index (χ3n) is 3.38. The molecule has 20 heavy (non-hydrogen) atoms. The zero-order valence-electron chi connectivity index (χ0n) is 11.0. The summed E-state index contributed by atoms with van der Waals surface area (Å²) in [7, 11) is 0. The second-order valence-corrected chi connectivity index (χ2v) is 4.71. The Hall–Kier alpha value is -2.27. The Bertz CT molecular complexity index is 621. The molecule has 1 aliphatic heterocycles. The van der Waals surface area contributed by atoms with Crippen molar-refractivity contribution in [2.24, 2.45) is 5.73 Å². The zero-order valence-corrected chi connectivity index (χ0v) is 11.0. The van der Waals surface area contributed by atoms with E-state index < -0.39 is 0 Å². The molecule has 1 aromatic carbocycles. The van der Waals surface area contributed by atoms with Gasteiger partial charge in [-0.05, 0) is 12.1 Å². The van der Waals surface area contributed by atoms with Gasteiger partial charge in [-0.3, -0.25) is 4.79 Å². The Labute approximate surface area is 116 Å². The maximum Gasteiger partial charge on any atom is 0.255 e. The second kappa shape index (κ2) is 5.38. The van der Waals surface area contributed by atoms with Gasteiger partial charge in [0.15, 0.2) is 0 Å². The molecule has 1 atom stereocenters. The highest BCUT2D eigenvalue weighted by atomic mass is 16.5. The van der Waals surface area contributed by atoms with E-state index in [1.165, 1.54) is 6.26 Å². The number of nitrogens with two attached hydrogens (primary N) is 1. The number of furan rings is 1. The van der Waals surface area contributed by atoms with Crippen molar-refractivity contribution in [1.29, 1.82) is 0 Å². The lowest BCUT2D eigenvalue weighted by Gasteiger charge is -2.26. The number of hydrogen-bond donors (Lipinski definition) is 2. The van der Waals surface area contributed by atoms with E-state index in [0.29, 0.717) is 17.9 Å². The van der Waals surface area contributed by atoms with Crippen molar-refractivity contribution >= 4 is 5.91 Å². The van der Waals surface area contributed by atoms with Gasteiger partial charge in [0.2, 0.25) is 0 Å². The average molecular weight is 272 g/mol. The highest BCUT2D eigenvalue weighted by Gasteiger charge is 2.23. The standard InChI is InChI=1S/C15H16N2O3/c16-8-11-7-10(9-20-11)15(18)17-13-5-6-19-14-4-2-1-3-12(13)14/h1-4,7,9,13H,5-6,8,16H2,(H,17,18). The molecule has 1 amide bonds. The quantitative estimate of drug-likeness (QED) is 0.895. The van der Waals surface area contributed by atoms with Gasteiger partial charge in [0, 0.05) is 12.0 Å². The van der Waals surface area contributed by atoms with Crippen LogP contribution in [0.15, 0.2) is 41.0 Å². The smallest absolute Gasteiger partial charge is 0.255 e. The predicted molar refractivity (Wildman–Crippen MR) is 73.4 cm³/mol. The highest BCUT2D eigenvalue weighted by molar-refractivity contribution is 5.94. The van der Waals surface area contributed by atoms with Gasteiger partial charge in [0.05, 0.1) is 24.8 Å². The minimum Gasteiger partial charge on any atom is -0.493 e. The maximum atomic E-state index is 12.2. The molecule has 3 rings (SSSR count). The van der Waals surface area contributed by atoms with Crippen LogP contribution in [0.25, 0.3) is 0 Å². The van der Waals surface area contributed by atoms with Crippen molar-refractivity contribution in [3.05, 3.63) is 53.5 Å². The number of carbonyl (C=O) groups excluding carboxylic acids is 1. The van der Waals surface area contributed by atoms with Gasteiger partial charge >= 0.3 is 0 Å². The first kappa shape index (κ1) is 12.7. The van der Waals surface area contributed by atoms with Crippen molar-refractivity contribution in [3.8, 4) is 5.75 Å². The summed E-state index contributed by atoms with van der Waals surface area (Å²) in [6, 6.07) is 9.38. The highest BCUT2D eigenvalue weighted by Crippen LogP contribution is 2.31. The number of para-hydroxylation sites is 1. The van der Waals surface area contributed by atoms with Crippen LogP contribution in [0.5, 0.6) is 5.75 Å². The summed E-state index contributed by atoms with van der Waals surface area (Å²) < 4.78 is 10.8. The molecule has 0 aliphatic carbocycles. The van der Waals surface area contributed by atoms with Crippen LogP contribution in [0, 0.1) is 0 Å². The van der Waals surface area contributed by atoms with Gasteiger partial charge in [-0.2, -0.15) is 0 Å². The van der Waals surface area contributed by atoms with Gasteiger partial charge in [-0.1, -0.05) is 18.2 Å². The topological polar surface area (TPSA) is 77.5 Å². The summed E-state index contributed by atoms with van der Waals surface area (Å²) in [5, 5.41) is 3.01. The first-order valence-corrected chi connectivity index (χ1v) is 6.58. The molecule has 1 unspecified atom stereocenters. The van der Waals surface area contributed by atoms with Crippen molar-refractivity contribution in [1.82, 2.24) is 5.32 Å². The maximum absolute atomic E-state index is 12.2. The average Bonchev–Trinajstić information content (AvgIpc) is 2.97. The SMILES string of the molecule is NCc1cc(C(=O)NC2CCOc3ccccc32)co1. The van der Waals surface area contributed by atoms with Crippen molar-refractivity contribution in [2.75, 3.05) is 6.61 Å². The van der Waals surface area contributed by atoms with Crippen LogP contribution in [0.1, 0.15) is 34.1 Å². The Balaban J connectivity index is 1.77. The molecule has 0 saturated carbocycles. The number of amides is 1. The molecule has 2 aromatic rings. The van der Waals surface area contributed by atoms with Crippen LogP contribution in [-0.4, -0.2) is 12.5 Å². The monoisotopic (exact) mass is 272 g/mol. The fourth-order valence-corrected chi connectivity index (χ4v) is 2.34. The molecule has 0 fully saturated rings. The van der Waals surface area contributed by atoms with E-state index in [9.17, 15) is 4.79 Å². The summed E-state index contributed by atoms with van der Waals surface area (Å²) in [4.78, 5) is 12.2. The van der Waals surface area contributed by atoms with Gasteiger partial charge < -0.3 is 20.2 Å². The Kier molecular flexibility index (Phi) is 3.43. The molecule has 0 radical (unpaired) electrons. The molecule has 0 spiro atoms. The molecular formula is C15H16N2O3. The molecule has 2 heterocycles. The van der Waals surface area contributed by atoms with Gasteiger partial charge in [-0.15, -0.1) is 0 Å². The molecule has 1 aliphatic rings. The summed E-state index contributed by atoms with van der Waals surface area (Å²) in [6.45, 7) is 0.884. The van der Waals surface area contributed by atoms with E-state index >= 15 is 0 Å². The number of nitrogens with one attached hydrogen (secondary N) is 1. The van der Waals surface area contributed by atoms with Crippen LogP contribution < -0.4 is 15.8 Å². The van der Waals surface area contributed by atoms with Crippen LogP contribution in [-0.2, 0) is 6.54 Å². The fraction of sp³-hybridized carbons (Fsp3) is 0.267. The van der Waals surface area contributed by atoms with E-state index in [2.05, 4.69) is 5.32 Å². The number of fused-ring (bicyclic) bond motifs is 1. The van der Waals surface area contributed by atoms with Crippen LogP contribution in [0.4, 0.5) is 0 Å². The van der Waals surface area contributed by atoms with E-state index in [-0.39, 0.29) is 18.5 Å². The van der Waals surface area contributed by atoms with Crippen molar-refractivity contribution in [2.45, 2.75) is 19.0 Å². The summed E-state index contributed by atoms with van der Waals surface area (Å²) >= 11 is 0. The van der Waals surface area contributed by atoms with Crippen LogP contribution in [0.2, 0.25) is 0 Å². The normalized spacial score (nSPS) is 17.1. The molecular weight excluding hydrogens is 256 g/mol. The second-order valence-electron chi connectivity index (χ2n) is 4.71. The number of benzene rings is 1. The lowest BCUT2D eigenvalue weighted by atomic mass is 10.0. The van der Waals surface area contributed by atoms with Gasteiger partial charge in [0.1, 0.15) is 17.8 Å². The lowest BCUT2D eigenvalue weighted by Crippen LogP contribution is -2.31. The fourth-order valence-electron chi connectivity index (χ4n) is 2.34. The zero-order chi connectivity index (χ0) is 13.9. The molecule has 1 aromatic heterocycles. The molecule has 5 heteroatoms. The number of rotatable bonds is 3. The molecule has 104 valence electrons. The number of hydrogen-bond acceptors (Lipinski definition) is 4. The van der Waals surface area contributed by atoms with Gasteiger partial charge in [-0.25, -0.2) is 0 Å². The van der Waals surface area contributed by atoms with E-state index in [1.807, 2.05) is 24.3 Å². The summed E-state index contributed by atoms with van der Waals surface area (Å²) in [5.74, 6) is 1.27. The molecule has 3 N–H and O–H groups in total. The summed E-state index contributed by atoms with van der Waals surface area (Å²) in [5.41, 5.74) is 6.97. The molecule has 5 nitrogen and oxygen atoms in total. The minimum absolute atomic E-state index is 0.0383. The van der Waals surface area contributed by atoms with E-state index in [0.717, 1.165) is 17.7 Å². The Morgan fingerprint density at radius 3 is 3.05 bits per heavy atom. The first-order chi connectivity index (χ1) is 9.78.